The van der Waals surface area contributed by atoms with Crippen molar-refractivity contribution in [2.45, 2.75) is 38.4 Å². The second kappa shape index (κ2) is 4.29. The monoisotopic (exact) mass is 224 g/mol. The van der Waals surface area contributed by atoms with Gasteiger partial charge in [0.05, 0.1) is 0 Å². The topological polar surface area (TPSA) is 29.3 Å². The molecule has 0 aromatic heterocycles. The molecule has 0 bridgehead atoms. The van der Waals surface area contributed by atoms with E-state index in [1.54, 1.807) is 0 Å². The highest BCUT2D eigenvalue weighted by molar-refractivity contribution is 5.01. The molecule has 0 atom stereocenters. The number of likely N-dealkylation sites (tertiary alicyclic amines) is 1. The van der Waals surface area contributed by atoms with Gasteiger partial charge in [0.1, 0.15) is 0 Å². The van der Waals surface area contributed by atoms with Gasteiger partial charge in [0.15, 0.2) is 0 Å². The molecule has 0 saturated carbocycles. The third kappa shape index (κ3) is 3.65. The minimum atomic E-state index is -4.03. The summed E-state index contributed by atoms with van der Waals surface area (Å²) in [7, 11) is 0. The SMILES string of the molecule is CC(C)C1(N)CN(CCCC(F)(F)F)C1. The molecule has 0 aromatic carbocycles. The third-order valence-corrected chi connectivity index (χ3v) is 3.12. The first-order valence-corrected chi connectivity index (χ1v) is 5.31. The quantitative estimate of drug-likeness (QED) is 0.791. The van der Waals surface area contributed by atoms with Crippen LogP contribution in [0.1, 0.15) is 26.7 Å². The van der Waals surface area contributed by atoms with Crippen molar-refractivity contribution in [2.75, 3.05) is 19.6 Å². The third-order valence-electron chi connectivity index (χ3n) is 3.12. The number of nitrogens with zero attached hydrogens (tertiary/aromatic N) is 1. The van der Waals surface area contributed by atoms with Crippen molar-refractivity contribution in [3.05, 3.63) is 0 Å². The lowest BCUT2D eigenvalue weighted by Crippen LogP contribution is -2.69. The molecule has 1 saturated heterocycles. The fourth-order valence-corrected chi connectivity index (χ4v) is 1.81. The van der Waals surface area contributed by atoms with E-state index >= 15 is 0 Å². The lowest BCUT2D eigenvalue weighted by molar-refractivity contribution is -0.137. The van der Waals surface area contributed by atoms with Crippen LogP contribution in [0.5, 0.6) is 0 Å². The number of halogens is 3. The predicted octanol–water partition coefficient (Wildman–Crippen LogP) is 2.00. The fraction of sp³-hybridized carbons (Fsp3) is 1.00. The highest BCUT2D eigenvalue weighted by Gasteiger charge is 2.41. The van der Waals surface area contributed by atoms with E-state index in [0.717, 1.165) is 13.1 Å². The van der Waals surface area contributed by atoms with Crippen LogP contribution >= 0.6 is 0 Å². The lowest BCUT2D eigenvalue weighted by atomic mass is 9.80. The van der Waals surface area contributed by atoms with Crippen LogP contribution in [0, 0.1) is 5.92 Å². The van der Waals surface area contributed by atoms with Gasteiger partial charge < -0.3 is 5.73 Å². The van der Waals surface area contributed by atoms with Crippen LogP contribution in [0.25, 0.3) is 0 Å². The highest BCUT2D eigenvalue weighted by atomic mass is 19.4. The smallest absolute Gasteiger partial charge is 0.323 e. The first-order chi connectivity index (χ1) is 6.73. The van der Waals surface area contributed by atoms with Crippen molar-refractivity contribution in [3.8, 4) is 0 Å². The first-order valence-electron chi connectivity index (χ1n) is 5.31. The molecule has 2 N–H and O–H groups in total. The van der Waals surface area contributed by atoms with Crippen molar-refractivity contribution in [1.29, 1.82) is 0 Å². The molecule has 0 amide bonds. The molecule has 2 nitrogen and oxygen atoms in total. The van der Waals surface area contributed by atoms with E-state index in [1.807, 2.05) is 18.7 Å². The van der Waals surface area contributed by atoms with Gasteiger partial charge in [-0.15, -0.1) is 0 Å². The van der Waals surface area contributed by atoms with E-state index in [2.05, 4.69) is 0 Å². The van der Waals surface area contributed by atoms with E-state index < -0.39 is 12.6 Å². The van der Waals surface area contributed by atoms with E-state index in [9.17, 15) is 13.2 Å². The van der Waals surface area contributed by atoms with Gasteiger partial charge in [-0.2, -0.15) is 13.2 Å². The van der Waals surface area contributed by atoms with Crippen LogP contribution in [0.2, 0.25) is 0 Å². The molecule has 1 fully saturated rings. The van der Waals surface area contributed by atoms with Gasteiger partial charge in [-0.3, -0.25) is 4.90 Å². The lowest BCUT2D eigenvalue weighted by Gasteiger charge is -2.50. The summed E-state index contributed by atoms with van der Waals surface area (Å²) in [6, 6.07) is 0. The normalized spacial score (nSPS) is 21.8. The fourth-order valence-electron chi connectivity index (χ4n) is 1.81. The largest absolute Gasteiger partial charge is 0.389 e. The molecule has 5 heteroatoms. The summed E-state index contributed by atoms with van der Waals surface area (Å²) in [4.78, 5) is 1.99. The Balaban J connectivity index is 2.13. The van der Waals surface area contributed by atoms with Crippen molar-refractivity contribution in [2.24, 2.45) is 11.7 Å². The van der Waals surface area contributed by atoms with Crippen molar-refractivity contribution in [1.82, 2.24) is 4.90 Å². The first kappa shape index (κ1) is 12.8. The van der Waals surface area contributed by atoms with Crippen LogP contribution in [0.15, 0.2) is 0 Å². The Labute approximate surface area is 88.6 Å². The summed E-state index contributed by atoms with van der Waals surface area (Å²) in [5.41, 5.74) is 5.85. The van der Waals surface area contributed by atoms with E-state index in [4.69, 9.17) is 5.73 Å². The van der Waals surface area contributed by atoms with Gasteiger partial charge in [0, 0.05) is 25.0 Å². The molecule has 1 aliphatic heterocycles. The molecular formula is C10H19F3N2. The molecule has 0 unspecified atom stereocenters. The molecule has 1 heterocycles. The summed E-state index contributed by atoms with van der Waals surface area (Å²) >= 11 is 0. The Morgan fingerprint density at radius 2 is 1.87 bits per heavy atom. The van der Waals surface area contributed by atoms with Crippen molar-refractivity contribution >= 4 is 0 Å². The Bertz CT molecular complexity index is 207. The zero-order chi connectivity index (χ0) is 11.7. The molecule has 0 radical (unpaired) electrons. The zero-order valence-corrected chi connectivity index (χ0v) is 9.27. The van der Waals surface area contributed by atoms with Crippen LogP contribution in [-0.4, -0.2) is 36.2 Å². The minimum Gasteiger partial charge on any atom is -0.323 e. The second-order valence-electron chi connectivity index (χ2n) is 4.82. The van der Waals surface area contributed by atoms with Crippen molar-refractivity contribution < 1.29 is 13.2 Å². The highest BCUT2D eigenvalue weighted by Crippen LogP contribution is 2.27. The van der Waals surface area contributed by atoms with Crippen LogP contribution in [0.3, 0.4) is 0 Å². The molecule has 90 valence electrons. The number of hydrogen-bond donors (Lipinski definition) is 1. The van der Waals surface area contributed by atoms with Crippen molar-refractivity contribution in [3.63, 3.8) is 0 Å². The Kier molecular flexibility index (Phi) is 3.66. The average Bonchev–Trinajstić information content (AvgIpc) is 1.97. The Hall–Kier alpha value is -0.290. The summed E-state index contributed by atoms with van der Waals surface area (Å²) < 4.78 is 35.6. The van der Waals surface area contributed by atoms with Gasteiger partial charge in [-0.05, 0) is 18.9 Å². The summed E-state index contributed by atoms with van der Waals surface area (Å²) in [6.07, 6.45) is -4.54. The zero-order valence-electron chi connectivity index (χ0n) is 9.27. The van der Waals surface area contributed by atoms with Crippen LogP contribution < -0.4 is 5.73 Å². The summed E-state index contributed by atoms with van der Waals surface area (Å²) in [5, 5.41) is 0. The van der Waals surface area contributed by atoms with Crippen LogP contribution in [-0.2, 0) is 0 Å². The summed E-state index contributed by atoms with van der Waals surface area (Å²) in [6.45, 7) is 6.05. The Morgan fingerprint density at radius 1 is 1.33 bits per heavy atom. The molecule has 15 heavy (non-hydrogen) atoms. The second-order valence-corrected chi connectivity index (χ2v) is 4.82. The van der Waals surface area contributed by atoms with E-state index in [0.29, 0.717) is 12.5 Å². The maximum absolute atomic E-state index is 11.9. The average molecular weight is 224 g/mol. The van der Waals surface area contributed by atoms with E-state index in [-0.39, 0.29) is 12.0 Å². The number of hydrogen-bond acceptors (Lipinski definition) is 2. The molecule has 0 spiro atoms. The van der Waals surface area contributed by atoms with E-state index in [1.165, 1.54) is 0 Å². The number of rotatable bonds is 4. The molecule has 1 aliphatic rings. The minimum absolute atomic E-state index is 0.178. The van der Waals surface area contributed by atoms with Crippen LogP contribution in [0.4, 0.5) is 13.2 Å². The van der Waals surface area contributed by atoms with Gasteiger partial charge >= 0.3 is 6.18 Å². The molecular weight excluding hydrogens is 205 g/mol. The Morgan fingerprint density at radius 3 is 2.27 bits per heavy atom. The predicted molar refractivity (Wildman–Crippen MR) is 53.5 cm³/mol. The van der Waals surface area contributed by atoms with Gasteiger partial charge in [-0.1, -0.05) is 13.8 Å². The van der Waals surface area contributed by atoms with Gasteiger partial charge in [0.25, 0.3) is 0 Å². The number of nitrogens with two attached hydrogens (primary N) is 1. The summed E-state index contributed by atoms with van der Waals surface area (Å²) in [5.74, 6) is 0.386. The number of alkyl halides is 3. The maximum Gasteiger partial charge on any atom is 0.389 e. The van der Waals surface area contributed by atoms with Gasteiger partial charge in [0.2, 0.25) is 0 Å². The molecule has 1 rings (SSSR count). The molecule has 0 aliphatic carbocycles. The maximum atomic E-state index is 11.9. The standard InChI is InChI=1S/C10H19F3N2/c1-8(2)9(14)6-15(7-9)5-3-4-10(11,12)13/h8H,3-7,14H2,1-2H3. The molecule has 0 aromatic rings. The van der Waals surface area contributed by atoms with Gasteiger partial charge in [-0.25, -0.2) is 0 Å².